The van der Waals surface area contributed by atoms with Crippen LogP contribution in [0.3, 0.4) is 0 Å². The van der Waals surface area contributed by atoms with Crippen molar-refractivity contribution in [3.63, 3.8) is 0 Å². The number of fused-ring (bicyclic) bond motifs is 1. The summed E-state index contributed by atoms with van der Waals surface area (Å²) in [6.45, 7) is 3.46. The van der Waals surface area contributed by atoms with Crippen LogP contribution in [0.4, 0.5) is 0 Å². The number of hydrogen-bond donors (Lipinski definition) is 1. The predicted octanol–water partition coefficient (Wildman–Crippen LogP) is 6.68. The molecule has 0 saturated carbocycles. The van der Waals surface area contributed by atoms with Crippen LogP contribution in [0, 0.1) is 6.92 Å². The normalized spacial score (nSPS) is 16.5. The number of carbonyl (C=O) groups excluding carboxylic acids is 2. The van der Waals surface area contributed by atoms with Crippen molar-refractivity contribution in [1.82, 2.24) is 9.47 Å². The Labute approximate surface area is 261 Å². The van der Waals surface area contributed by atoms with E-state index in [1.807, 2.05) is 61.5 Å². The maximum atomic E-state index is 13.5. The second-order valence-electron chi connectivity index (χ2n) is 11.1. The van der Waals surface area contributed by atoms with E-state index in [2.05, 4.69) is 17.0 Å². The standard InChI is InChI=1S/C36H33ClN2O5/c1-23-30(31-18-29(43-2)16-17-32(31)39(23)36(42)27-12-14-28(37)15-13-27)19-35(41)44-22-24-8-10-25(11-9-24)33-20-38(33)21-34(40)26-6-4-3-5-7-26/h3-18,33-34,40H,19-22H2,1-2H3. The van der Waals surface area contributed by atoms with E-state index in [1.54, 1.807) is 42.0 Å². The Bertz CT molecular complexity index is 1800. The van der Waals surface area contributed by atoms with Gasteiger partial charge in [-0.25, -0.2) is 0 Å². The van der Waals surface area contributed by atoms with E-state index >= 15 is 0 Å². The third-order valence-corrected chi connectivity index (χ3v) is 8.48. The van der Waals surface area contributed by atoms with Gasteiger partial charge in [-0.05, 0) is 71.6 Å². The number of aliphatic hydroxyl groups excluding tert-OH is 1. The smallest absolute Gasteiger partial charge is 0.310 e. The Kier molecular flexibility index (Phi) is 8.53. The van der Waals surface area contributed by atoms with Gasteiger partial charge in [0.2, 0.25) is 0 Å². The molecular weight excluding hydrogens is 576 g/mol. The van der Waals surface area contributed by atoms with E-state index < -0.39 is 6.10 Å². The number of rotatable bonds is 10. The number of benzene rings is 4. The zero-order chi connectivity index (χ0) is 30.8. The van der Waals surface area contributed by atoms with Gasteiger partial charge in [-0.1, -0.05) is 66.2 Å². The lowest BCUT2D eigenvalue weighted by Crippen LogP contribution is -2.14. The molecule has 0 bridgehead atoms. The van der Waals surface area contributed by atoms with Crippen LogP contribution >= 0.6 is 11.6 Å². The molecule has 224 valence electrons. The number of carbonyl (C=O) groups is 2. The number of esters is 1. The first kappa shape index (κ1) is 29.6. The van der Waals surface area contributed by atoms with Gasteiger partial charge in [0.15, 0.2) is 0 Å². The Balaban J connectivity index is 1.11. The van der Waals surface area contributed by atoms with E-state index in [0.29, 0.717) is 39.7 Å². The molecule has 4 aromatic carbocycles. The number of ether oxygens (including phenoxy) is 2. The van der Waals surface area contributed by atoms with E-state index in [9.17, 15) is 14.7 Å². The number of halogens is 1. The Morgan fingerprint density at radius 2 is 1.70 bits per heavy atom. The van der Waals surface area contributed by atoms with Crippen LogP contribution < -0.4 is 4.74 Å². The van der Waals surface area contributed by atoms with E-state index in [0.717, 1.165) is 23.1 Å². The van der Waals surface area contributed by atoms with Gasteiger partial charge in [-0.3, -0.25) is 19.1 Å². The van der Waals surface area contributed by atoms with Gasteiger partial charge >= 0.3 is 5.97 Å². The number of β-amino-alcohol motifs (C(OH)–C–C–N with tert-alkyl or cyclic N) is 1. The van der Waals surface area contributed by atoms with Gasteiger partial charge in [0.1, 0.15) is 12.4 Å². The van der Waals surface area contributed by atoms with E-state index in [4.69, 9.17) is 21.1 Å². The highest BCUT2D eigenvalue weighted by Gasteiger charge is 2.36. The average Bonchev–Trinajstić information content (AvgIpc) is 3.76. The van der Waals surface area contributed by atoms with Gasteiger partial charge in [0.05, 0.1) is 25.2 Å². The lowest BCUT2D eigenvalue weighted by atomic mass is 10.1. The summed E-state index contributed by atoms with van der Waals surface area (Å²) in [4.78, 5) is 28.8. The summed E-state index contributed by atoms with van der Waals surface area (Å²) >= 11 is 6.03. The van der Waals surface area contributed by atoms with Crippen molar-refractivity contribution in [1.29, 1.82) is 0 Å². The number of hydrogen-bond acceptors (Lipinski definition) is 6. The molecular formula is C36H33ClN2O5. The van der Waals surface area contributed by atoms with Crippen LogP contribution in [0.2, 0.25) is 5.02 Å². The van der Waals surface area contributed by atoms with Gasteiger partial charge in [0, 0.05) is 40.8 Å². The second-order valence-corrected chi connectivity index (χ2v) is 11.5. The minimum atomic E-state index is -0.519. The molecule has 0 amide bonds. The first-order chi connectivity index (χ1) is 21.3. The molecule has 3 atom stereocenters. The minimum absolute atomic E-state index is 0.00918. The third kappa shape index (κ3) is 6.26. The second kappa shape index (κ2) is 12.7. The van der Waals surface area contributed by atoms with Gasteiger partial charge in [-0.2, -0.15) is 0 Å². The van der Waals surface area contributed by atoms with Gasteiger partial charge < -0.3 is 14.6 Å². The Morgan fingerprint density at radius 1 is 0.977 bits per heavy atom. The molecule has 1 aromatic heterocycles. The summed E-state index contributed by atoms with van der Waals surface area (Å²) in [6.07, 6.45) is -0.510. The average molecular weight is 609 g/mol. The quantitative estimate of drug-likeness (QED) is 0.141. The SMILES string of the molecule is COc1ccc2c(c1)c(CC(=O)OCc1ccc(C3CN3CC(O)c3ccccc3)cc1)c(C)n2C(=O)c1ccc(Cl)cc1. The highest BCUT2D eigenvalue weighted by atomic mass is 35.5. The van der Waals surface area contributed by atoms with Crippen LogP contribution in [0.1, 0.15) is 50.5 Å². The van der Waals surface area contributed by atoms with Crippen LogP contribution in [0.5, 0.6) is 5.75 Å². The predicted molar refractivity (Wildman–Crippen MR) is 170 cm³/mol. The van der Waals surface area contributed by atoms with Crippen LogP contribution in [-0.2, 0) is 22.6 Å². The fraction of sp³-hybridized carbons (Fsp3) is 0.222. The Morgan fingerprint density at radius 3 is 2.41 bits per heavy atom. The van der Waals surface area contributed by atoms with Crippen LogP contribution in [0.15, 0.2) is 97.1 Å². The Hall–Kier alpha value is -4.43. The van der Waals surface area contributed by atoms with Crippen molar-refractivity contribution in [3.8, 4) is 5.75 Å². The highest BCUT2D eigenvalue weighted by Crippen LogP contribution is 2.36. The molecule has 1 saturated heterocycles. The number of nitrogens with zero attached hydrogens (tertiary/aromatic N) is 2. The number of methoxy groups -OCH3 is 1. The minimum Gasteiger partial charge on any atom is -0.497 e. The number of aromatic nitrogens is 1. The van der Waals surface area contributed by atoms with Gasteiger partial charge in [0.25, 0.3) is 5.91 Å². The molecule has 6 rings (SSSR count). The molecule has 3 unspecified atom stereocenters. The van der Waals surface area contributed by atoms with Crippen molar-refractivity contribution in [2.45, 2.75) is 32.1 Å². The fourth-order valence-corrected chi connectivity index (χ4v) is 5.81. The summed E-state index contributed by atoms with van der Waals surface area (Å²) in [6, 6.07) is 30.2. The van der Waals surface area contributed by atoms with Crippen molar-refractivity contribution in [3.05, 3.63) is 136 Å². The summed E-state index contributed by atoms with van der Waals surface area (Å²) in [7, 11) is 1.58. The van der Waals surface area contributed by atoms with Crippen molar-refractivity contribution in [2.24, 2.45) is 0 Å². The lowest BCUT2D eigenvalue weighted by molar-refractivity contribution is -0.144. The van der Waals surface area contributed by atoms with Crippen molar-refractivity contribution < 1.29 is 24.2 Å². The molecule has 0 spiro atoms. The molecule has 2 heterocycles. The van der Waals surface area contributed by atoms with Crippen LogP contribution in [0.25, 0.3) is 10.9 Å². The fourth-order valence-electron chi connectivity index (χ4n) is 5.69. The molecule has 1 aliphatic rings. The molecule has 5 aromatic rings. The molecule has 7 nitrogen and oxygen atoms in total. The zero-order valence-electron chi connectivity index (χ0n) is 24.6. The first-order valence-corrected chi connectivity index (χ1v) is 14.9. The highest BCUT2D eigenvalue weighted by molar-refractivity contribution is 6.30. The van der Waals surface area contributed by atoms with Crippen molar-refractivity contribution >= 4 is 34.4 Å². The topological polar surface area (TPSA) is 80.8 Å². The summed E-state index contributed by atoms with van der Waals surface area (Å²) in [5.41, 5.74) is 5.54. The molecule has 1 N–H and O–H groups in total. The molecule has 0 aliphatic carbocycles. The maximum Gasteiger partial charge on any atom is 0.310 e. The largest absolute Gasteiger partial charge is 0.497 e. The zero-order valence-corrected chi connectivity index (χ0v) is 25.3. The molecule has 8 heteroatoms. The summed E-state index contributed by atoms with van der Waals surface area (Å²) in [5.74, 6) is 0.0335. The van der Waals surface area contributed by atoms with Crippen LogP contribution in [-0.4, -0.2) is 46.6 Å². The van der Waals surface area contributed by atoms with E-state index in [-0.39, 0.29) is 30.9 Å². The van der Waals surface area contributed by atoms with Gasteiger partial charge in [-0.15, -0.1) is 0 Å². The number of aliphatic hydroxyl groups is 1. The summed E-state index contributed by atoms with van der Waals surface area (Å²) in [5, 5.41) is 11.8. The molecule has 1 aliphatic heterocycles. The third-order valence-electron chi connectivity index (χ3n) is 8.23. The molecule has 44 heavy (non-hydrogen) atoms. The lowest BCUT2D eigenvalue weighted by Gasteiger charge is -2.12. The maximum absolute atomic E-state index is 13.5. The molecule has 1 fully saturated rings. The van der Waals surface area contributed by atoms with Crippen molar-refractivity contribution in [2.75, 3.05) is 20.2 Å². The first-order valence-electron chi connectivity index (χ1n) is 14.5. The monoisotopic (exact) mass is 608 g/mol. The summed E-state index contributed by atoms with van der Waals surface area (Å²) < 4.78 is 12.7. The van der Waals surface area contributed by atoms with E-state index in [1.165, 1.54) is 5.56 Å². The molecule has 0 radical (unpaired) electrons.